The number of carbonyl (C=O) groups is 1. The minimum Gasteiger partial charge on any atom is -0.352 e. The van der Waals surface area contributed by atoms with Gasteiger partial charge in [-0.15, -0.1) is 10.2 Å². The summed E-state index contributed by atoms with van der Waals surface area (Å²) in [6.07, 6.45) is 5.39. The van der Waals surface area contributed by atoms with Gasteiger partial charge in [-0.25, -0.2) is 0 Å². The van der Waals surface area contributed by atoms with Crippen molar-refractivity contribution in [1.29, 1.82) is 0 Å². The Bertz CT molecular complexity index is 758. The molecule has 0 aliphatic carbocycles. The van der Waals surface area contributed by atoms with Crippen molar-refractivity contribution in [3.05, 3.63) is 42.2 Å². The molecule has 7 heteroatoms. The Morgan fingerprint density at radius 1 is 0.963 bits per heavy atom. The van der Waals surface area contributed by atoms with E-state index in [0.29, 0.717) is 24.8 Å². The molecule has 4 heterocycles. The van der Waals surface area contributed by atoms with Crippen molar-refractivity contribution in [3.63, 3.8) is 0 Å². The number of hydrogen-bond donors (Lipinski definition) is 0. The number of aromatic nitrogens is 3. The molecule has 27 heavy (non-hydrogen) atoms. The van der Waals surface area contributed by atoms with Crippen molar-refractivity contribution in [2.24, 2.45) is 0 Å². The van der Waals surface area contributed by atoms with Gasteiger partial charge in [-0.3, -0.25) is 9.78 Å². The largest absolute Gasteiger partial charge is 0.352 e. The smallest absolute Gasteiger partial charge is 0.272 e. The zero-order valence-electron chi connectivity index (χ0n) is 15.8. The first kappa shape index (κ1) is 17.7. The van der Waals surface area contributed by atoms with E-state index in [4.69, 9.17) is 0 Å². The third kappa shape index (κ3) is 3.86. The fourth-order valence-corrected chi connectivity index (χ4v) is 3.87. The molecular formula is C20H26N6O. The maximum atomic E-state index is 12.5. The average Bonchev–Trinajstić information content (AvgIpc) is 2.74. The van der Waals surface area contributed by atoms with E-state index in [-0.39, 0.29) is 5.91 Å². The van der Waals surface area contributed by atoms with E-state index in [9.17, 15) is 4.79 Å². The topological polar surface area (TPSA) is 65.5 Å². The first-order valence-corrected chi connectivity index (χ1v) is 9.78. The molecular weight excluding hydrogens is 340 g/mol. The van der Waals surface area contributed by atoms with Crippen LogP contribution in [0.15, 0.2) is 36.5 Å². The first-order valence-electron chi connectivity index (χ1n) is 9.78. The third-order valence-electron chi connectivity index (χ3n) is 5.51. The van der Waals surface area contributed by atoms with E-state index < -0.39 is 0 Å². The Morgan fingerprint density at radius 3 is 2.41 bits per heavy atom. The van der Waals surface area contributed by atoms with Gasteiger partial charge in [-0.1, -0.05) is 6.07 Å². The van der Waals surface area contributed by atoms with Crippen molar-refractivity contribution in [2.75, 3.05) is 42.5 Å². The van der Waals surface area contributed by atoms with Crippen LogP contribution in [0.5, 0.6) is 0 Å². The van der Waals surface area contributed by atoms with Crippen LogP contribution < -0.4 is 9.80 Å². The quantitative estimate of drug-likeness (QED) is 0.830. The predicted molar refractivity (Wildman–Crippen MR) is 105 cm³/mol. The van der Waals surface area contributed by atoms with Crippen LogP contribution in [0.1, 0.15) is 36.7 Å². The number of nitrogens with zero attached hydrogens (tertiary/aromatic N) is 6. The van der Waals surface area contributed by atoms with Crippen LogP contribution in [-0.4, -0.2) is 64.8 Å². The summed E-state index contributed by atoms with van der Waals surface area (Å²) >= 11 is 0. The predicted octanol–water partition coefficient (Wildman–Crippen LogP) is 2.21. The van der Waals surface area contributed by atoms with Crippen molar-refractivity contribution in [1.82, 2.24) is 20.1 Å². The highest BCUT2D eigenvalue weighted by atomic mass is 16.2. The number of anilines is 2. The summed E-state index contributed by atoms with van der Waals surface area (Å²) < 4.78 is 0. The molecule has 2 aromatic rings. The van der Waals surface area contributed by atoms with Gasteiger partial charge in [0, 0.05) is 45.0 Å². The molecule has 0 aromatic carbocycles. The summed E-state index contributed by atoms with van der Waals surface area (Å²) in [6, 6.07) is 10.1. The van der Waals surface area contributed by atoms with E-state index in [1.54, 1.807) is 12.3 Å². The van der Waals surface area contributed by atoms with Crippen LogP contribution in [0.25, 0.3) is 0 Å². The van der Waals surface area contributed by atoms with Gasteiger partial charge in [0.15, 0.2) is 11.6 Å². The van der Waals surface area contributed by atoms with Gasteiger partial charge in [0.2, 0.25) is 0 Å². The molecule has 0 bridgehead atoms. The first-order chi connectivity index (χ1) is 13.2. The number of piperazine rings is 1. The Morgan fingerprint density at radius 2 is 1.74 bits per heavy atom. The van der Waals surface area contributed by atoms with Gasteiger partial charge < -0.3 is 14.7 Å². The molecule has 2 saturated heterocycles. The number of pyridine rings is 1. The van der Waals surface area contributed by atoms with E-state index >= 15 is 0 Å². The van der Waals surface area contributed by atoms with Crippen molar-refractivity contribution in [3.8, 4) is 0 Å². The highest BCUT2D eigenvalue weighted by Crippen LogP contribution is 2.23. The zero-order valence-corrected chi connectivity index (χ0v) is 15.8. The lowest BCUT2D eigenvalue weighted by Crippen LogP contribution is -2.49. The van der Waals surface area contributed by atoms with E-state index in [0.717, 1.165) is 31.3 Å². The Labute approximate surface area is 160 Å². The highest BCUT2D eigenvalue weighted by Gasteiger charge is 2.24. The number of rotatable bonds is 3. The lowest BCUT2D eigenvalue weighted by atomic mass is 10.0. The second-order valence-electron chi connectivity index (χ2n) is 7.28. The molecule has 142 valence electrons. The van der Waals surface area contributed by atoms with Gasteiger partial charge in [-0.2, -0.15) is 0 Å². The van der Waals surface area contributed by atoms with Gasteiger partial charge in [0.1, 0.15) is 5.69 Å². The molecule has 2 aliphatic rings. The summed E-state index contributed by atoms with van der Waals surface area (Å²) in [5.41, 5.74) is 0.505. The van der Waals surface area contributed by atoms with Crippen molar-refractivity contribution < 1.29 is 4.79 Å². The summed E-state index contributed by atoms with van der Waals surface area (Å²) in [4.78, 5) is 23.1. The molecule has 0 saturated carbocycles. The van der Waals surface area contributed by atoms with Crippen LogP contribution in [0.2, 0.25) is 0 Å². The van der Waals surface area contributed by atoms with Crippen LogP contribution in [0.4, 0.5) is 11.6 Å². The molecule has 2 fully saturated rings. The van der Waals surface area contributed by atoms with E-state index in [2.05, 4.69) is 44.0 Å². The lowest BCUT2D eigenvalue weighted by molar-refractivity contribution is 0.0740. The maximum absolute atomic E-state index is 12.5. The Balaban J connectivity index is 1.36. The summed E-state index contributed by atoms with van der Waals surface area (Å²) in [7, 11) is 0. The van der Waals surface area contributed by atoms with Crippen LogP contribution in [0.3, 0.4) is 0 Å². The second-order valence-corrected chi connectivity index (χ2v) is 7.28. The van der Waals surface area contributed by atoms with Gasteiger partial charge >= 0.3 is 0 Å². The molecule has 2 aliphatic heterocycles. The van der Waals surface area contributed by atoms with Crippen LogP contribution in [0, 0.1) is 0 Å². The lowest BCUT2D eigenvalue weighted by Gasteiger charge is -2.36. The molecule has 1 atom stereocenters. The van der Waals surface area contributed by atoms with Crippen LogP contribution >= 0.6 is 0 Å². The summed E-state index contributed by atoms with van der Waals surface area (Å²) in [5.74, 6) is 1.85. The van der Waals surface area contributed by atoms with Gasteiger partial charge in [0.25, 0.3) is 5.91 Å². The minimum absolute atomic E-state index is 0.00392. The van der Waals surface area contributed by atoms with Gasteiger partial charge in [-0.05, 0) is 50.5 Å². The molecule has 0 spiro atoms. The number of amides is 1. The highest BCUT2D eigenvalue weighted by molar-refractivity contribution is 5.92. The normalized spacial score (nSPS) is 20.6. The third-order valence-corrected chi connectivity index (χ3v) is 5.51. The fraction of sp³-hybridized carbons (Fsp3) is 0.500. The molecule has 4 rings (SSSR count). The van der Waals surface area contributed by atoms with Crippen molar-refractivity contribution >= 4 is 17.5 Å². The number of carbonyl (C=O) groups excluding carboxylic acids is 1. The van der Waals surface area contributed by atoms with Crippen LogP contribution in [-0.2, 0) is 0 Å². The summed E-state index contributed by atoms with van der Waals surface area (Å²) in [5, 5.41) is 8.93. The second kappa shape index (κ2) is 7.90. The average molecular weight is 366 g/mol. The molecule has 2 aromatic heterocycles. The molecule has 1 unspecified atom stereocenters. The number of piperidine rings is 1. The van der Waals surface area contributed by atoms with Gasteiger partial charge in [0.05, 0.1) is 0 Å². The van der Waals surface area contributed by atoms with E-state index in [1.807, 2.05) is 17.0 Å². The van der Waals surface area contributed by atoms with E-state index in [1.165, 1.54) is 19.3 Å². The standard InChI is InChI=1S/C20H26N6O/c1-16-6-3-5-11-26(16)19-9-8-18(22-23-19)24-12-14-25(15-13-24)20(27)17-7-2-4-10-21-17/h2,4,7-10,16H,3,5-6,11-15H2,1H3. The molecule has 1 amide bonds. The SMILES string of the molecule is CC1CCCCN1c1ccc(N2CCN(C(=O)c3ccccn3)CC2)nn1. The number of hydrogen-bond acceptors (Lipinski definition) is 6. The fourth-order valence-electron chi connectivity index (χ4n) is 3.87. The Hall–Kier alpha value is -2.70. The molecule has 0 N–H and O–H groups in total. The Kier molecular flexibility index (Phi) is 5.18. The zero-order chi connectivity index (χ0) is 18.6. The minimum atomic E-state index is -0.00392. The van der Waals surface area contributed by atoms with Crippen molar-refractivity contribution in [2.45, 2.75) is 32.2 Å². The molecule has 0 radical (unpaired) electrons. The monoisotopic (exact) mass is 366 g/mol. The molecule has 7 nitrogen and oxygen atoms in total. The summed E-state index contributed by atoms with van der Waals surface area (Å²) in [6.45, 7) is 6.17. The maximum Gasteiger partial charge on any atom is 0.272 e.